The number of nitrogens with zero attached hydrogens (tertiary/aromatic N) is 1. The van der Waals surface area contributed by atoms with Crippen LogP contribution >= 0.6 is 23.1 Å². The number of aromatic nitrogens is 2. The number of hydrogen-bond acceptors (Lipinski definition) is 5. The van der Waals surface area contributed by atoms with Gasteiger partial charge in [-0.1, -0.05) is 30.3 Å². The molecule has 7 rings (SSSR count). The highest BCUT2D eigenvalue weighted by atomic mass is 32.2. The van der Waals surface area contributed by atoms with Crippen LogP contribution in [-0.2, 0) is 10.5 Å². The molecule has 4 bridgehead atoms. The van der Waals surface area contributed by atoms with E-state index in [-0.39, 0.29) is 17.5 Å². The van der Waals surface area contributed by atoms with Crippen LogP contribution in [0, 0.1) is 23.2 Å². The first-order chi connectivity index (χ1) is 16.5. The number of amides is 1. The minimum atomic E-state index is -0.111. The normalized spacial score (nSPS) is 28.3. The molecule has 34 heavy (non-hydrogen) atoms. The van der Waals surface area contributed by atoms with Gasteiger partial charge in [0.05, 0.1) is 16.9 Å². The predicted molar refractivity (Wildman–Crippen MR) is 140 cm³/mol. The second-order valence-corrected chi connectivity index (χ2v) is 12.6. The molecule has 1 aromatic carbocycles. The molecule has 1 atom stereocenters. The molecule has 7 heteroatoms. The number of carbonyl (C=O) groups excluding carboxylic acids is 1. The highest BCUT2D eigenvalue weighted by molar-refractivity contribution is 7.99. The summed E-state index contributed by atoms with van der Waals surface area (Å²) in [6.07, 6.45) is 8.15. The lowest BCUT2D eigenvalue weighted by atomic mass is 9.48. The van der Waals surface area contributed by atoms with Gasteiger partial charge in [-0.05, 0) is 74.2 Å². The molecule has 2 aromatic heterocycles. The number of hydrogen-bond donors (Lipinski definition) is 2. The second kappa shape index (κ2) is 8.83. The highest BCUT2D eigenvalue weighted by Crippen LogP contribution is 2.61. The van der Waals surface area contributed by atoms with Gasteiger partial charge in [0, 0.05) is 17.0 Å². The van der Waals surface area contributed by atoms with E-state index in [9.17, 15) is 9.59 Å². The van der Waals surface area contributed by atoms with Crippen molar-refractivity contribution >= 4 is 39.2 Å². The number of fused-ring (bicyclic) bond motifs is 1. The van der Waals surface area contributed by atoms with Gasteiger partial charge in [-0.25, -0.2) is 4.98 Å². The summed E-state index contributed by atoms with van der Waals surface area (Å²) in [5.41, 5.74) is 2.16. The summed E-state index contributed by atoms with van der Waals surface area (Å²) in [7, 11) is 0. The lowest BCUT2D eigenvalue weighted by molar-refractivity contribution is -0.123. The Morgan fingerprint density at radius 1 is 1.18 bits per heavy atom. The molecule has 0 spiro atoms. The van der Waals surface area contributed by atoms with Crippen molar-refractivity contribution in [2.45, 2.75) is 57.2 Å². The zero-order valence-electron chi connectivity index (χ0n) is 19.5. The third kappa shape index (κ3) is 4.11. The molecule has 1 unspecified atom stereocenters. The van der Waals surface area contributed by atoms with Crippen LogP contribution in [0.15, 0.2) is 40.5 Å². The lowest BCUT2D eigenvalue weighted by Crippen LogP contribution is -2.56. The molecular formula is C27H31N3O2S2. The fourth-order valence-electron chi connectivity index (χ4n) is 7.28. The zero-order valence-corrected chi connectivity index (χ0v) is 21.1. The Morgan fingerprint density at radius 3 is 2.53 bits per heavy atom. The Bertz CT molecular complexity index is 1230. The van der Waals surface area contributed by atoms with E-state index in [1.165, 1.54) is 61.6 Å². The Balaban J connectivity index is 1.07. The van der Waals surface area contributed by atoms with Crippen molar-refractivity contribution in [2.75, 3.05) is 5.75 Å². The summed E-state index contributed by atoms with van der Waals surface area (Å²) in [5.74, 6) is 4.29. The number of thioether (sulfide) groups is 1. The Kier molecular flexibility index (Phi) is 5.80. The smallest absolute Gasteiger partial charge is 0.260 e. The molecule has 4 aliphatic rings. The van der Waals surface area contributed by atoms with E-state index in [1.807, 2.05) is 35.7 Å². The summed E-state index contributed by atoms with van der Waals surface area (Å²) in [6, 6.07) is 10.2. The second-order valence-electron chi connectivity index (χ2n) is 10.8. The van der Waals surface area contributed by atoms with Crippen molar-refractivity contribution in [1.29, 1.82) is 0 Å². The molecule has 3 aromatic rings. The summed E-state index contributed by atoms with van der Waals surface area (Å²) in [5, 5.41) is 5.98. The zero-order chi connectivity index (χ0) is 23.3. The van der Waals surface area contributed by atoms with Crippen LogP contribution in [0.2, 0.25) is 0 Å². The topological polar surface area (TPSA) is 74.8 Å². The Labute approximate surface area is 208 Å². The number of aromatic amines is 1. The van der Waals surface area contributed by atoms with Gasteiger partial charge in [0.15, 0.2) is 0 Å². The quantitative estimate of drug-likeness (QED) is 0.449. The van der Waals surface area contributed by atoms with Gasteiger partial charge in [0.2, 0.25) is 5.91 Å². The summed E-state index contributed by atoms with van der Waals surface area (Å²) in [6.45, 7) is 2.23. The molecule has 0 saturated heterocycles. The molecule has 2 heterocycles. The molecule has 2 N–H and O–H groups in total. The lowest BCUT2D eigenvalue weighted by Gasteiger charge is -2.59. The van der Waals surface area contributed by atoms with E-state index in [0.717, 1.165) is 33.7 Å². The van der Waals surface area contributed by atoms with Crippen LogP contribution < -0.4 is 10.9 Å². The first kappa shape index (κ1) is 22.4. The average Bonchev–Trinajstić information content (AvgIpc) is 3.23. The van der Waals surface area contributed by atoms with E-state index < -0.39 is 0 Å². The number of nitrogens with one attached hydrogen (secondary N) is 2. The maximum atomic E-state index is 12.8. The SMILES string of the molecule is CC(NC(=O)CSCc1nc2scc(-c3ccccc3)c2c(=O)[nH]1)C12CC3CC(CC(C3)C1)C2. The van der Waals surface area contributed by atoms with E-state index in [4.69, 9.17) is 0 Å². The van der Waals surface area contributed by atoms with Gasteiger partial charge in [-0.2, -0.15) is 0 Å². The van der Waals surface area contributed by atoms with Crippen LogP contribution in [0.5, 0.6) is 0 Å². The first-order valence-corrected chi connectivity index (χ1v) is 14.5. The summed E-state index contributed by atoms with van der Waals surface area (Å²) >= 11 is 3.01. The van der Waals surface area contributed by atoms with Crippen LogP contribution in [0.1, 0.15) is 51.3 Å². The molecule has 4 aliphatic carbocycles. The third-order valence-electron chi connectivity index (χ3n) is 8.43. The molecule has 178 valence electrons. The number of carbonyl (C=O) groups is 1. The van der Waals surface area contributed by atoms with Gasteiger partial charge in [0.1, 0.15) is 10.7 Å². The fraction of sp³-hybridized carbons (Fsp3) is 0.519. The van der Waals surface area contributed by atoms with Gasteiger partial charge < -0.3 is 10.3 Å². The molecule has 0 aliphatic heterocycles. The molecule has 5 nitrogen and oxygen atoms in total. The van der Waals surface area contributed by atoms with Crippen molar-refractivity contribution < 1.29 is 4.79 Å². The van der Waals surface area contributed by atoms with Crippen molar-refractivity contribution in [3.05, 3.63) is 51.9 Å². The van der Waals surface area contributed by atoms with Gasteiger partial charge in [-0.15, -0.1) is 23.1 Å². The number of thiophene rings is 1. The Morgan fingerprint density at radius 2 is 1.85 bits per heavy atom. The molecule has 1 amide bonds. The van der Waals surface area contributed by atoms with Crippen LogP contribution in [0.3, 0.4) is 0 Å². The van der Waals surface area contributed by atoms with E-state index in [1.54, 1.807) is 0 Å². The van der Waals surface area contributed by atoms with E-state index in [0.29, 0.717) is 28.1 Å². The maximum Gasteiger partial charge on any atom is 0.260 e. The molecule has 4 saturated carbocycles. The van der Waals surface area contributed by atoms with Gasteiger partial charge in [-0.3, -0.25) is 9.59 Å². The van der Waals surface area contributed by atoms with Crippen molar-refractivity contribution in [1.82, 2.24) is 15.3 Å². The first-order valence-electron chi connectivity index (χ1n) is 12.4. The van der Waals surface area contributed by atoms with E-state index in [2.05, 4.69) is 22.2 Å². The van der Waals surface area contributed by atoms with Crippen molar-refractivity contribution in [3.8, 4) is 11.1 Å². The number of rotatable bonds is 7. The molecule has 4 fully saturated rings. The average molecular weight is 494 g/mol. The molecule has 0 radical (unpaired) electrons. The van der Waals surface area contributed by atoms with Crippen LogP contribution in [0.4, 0.5) is 0 Å². The fourth-order valence-corrected chi connectivity index (χ4v) is 8.94. The summed E-state index contributed by atoms with van der Waals surface area (Å²) in [4.78, 5) is 33.9. The van der Waals surface area contributed by atoms with Gasteiger partial charge in [0.25, 0.3) is 5.56 Å². The van der Waals surface area contributed by atoms with E-state index >= 15 is 0 Å². The standard InChI is InChI=1S/C27H31N3O2S2/c1-16(27-10-17-7-18(11-27)9-19(8-17)12-27)28-23(31)15-33-14-22-29-25(32)24-21(13-34-26(24)30-22)20-5-3-2-4-6-20/h2-6,13,16-19H,7-12,14-15H2,1H3,(H,28,31)(H,29,30,32). The Hall–Kier alpha value is -2.12. The minimum Gasteiger partial charge on any atom is -0.352 e. The monoisotopic (exact) mass is 493 g/mol. The largest absolute Gasteiger partial charge is 0.352 e. The number of benzene rings is 1. The minimum absolute atomic E-state index is 0.0964. The predicted octanol–water partition coefficient (Wildman–Crippen LogP) is 5.61. The summed E-state index contributed by atoms with van der Waals surface area (Å²) < 4.78 is 0. The number of H-pyrrole nitrogens is 1. The molecular weight excluding hydrogens is 462 g/mol. The van der Waals surface area contributed by atoms with Crippen LogP contribution in [-0.4, -0.2) is 27.7 Å². The van der Waals surface area contributed by atoms with Crippen LogP contribution in [0.25, 0.3) is 21.3 Å². The highest BCUT2D eigenvalue weighted by Gasteiger charge is 2.53. The van der Waals surface area contributed by atoms with Gasteiger partial charge >= 0.3 is 0 Å². The van der Waals surface area contributed by atoms with Crippen molar-refractivity contribution in [2.24, 2.45) is 23.2 Å². The maximum absolute atomic E-state index is 12.8. The third-order valence-corrected chi connectivity index (χ3v) is 10.2. The van der Waals surface area contributed by atoms with Crippen molar-refractivity contribution in [3.63, 3.8) is 0 Å².